The fraction of sp³-hybridized carbons (Fsp3) is 0.464. The van der Waals surface area contributed by atoms with Crippen molar-refractivity contribution >= 4 is 22.5 Å². The number of alkyl halides is 4. The summed E-state index contributed by atoms with van der Waals surface area (Å²) >= 11 is 0. The first-order chi connectivity index (χ1) is 19.8. The molecule has 0 spiro atoms. The summed E-state index contributed by atoms with van der Waals surface area (Å²) in [5.74, 6) is -0.501. The summed E-state index contributed by atoms with van der Waals surface area (Å²) < 4.78 is 63.7. The van der Waals surface area contributed by atoms with Gasteiger partial charge in [-0.15, -0.1) is 0 Å². The average molecular weight is 592 g/mol. The number of nitrogens with one attached hydrogen (secondary N) is 2. The van der Waals surface area contributed by atoms with Gasteiger partial charge >= 0.3 is 6.18 Å². The molecule has 2 atom stereocenters. The van der Waals surface area contributed by atoms with E-state index in [2.05, 4.69) is 20.8 Å². The molecule has 42 heavy (non-hydrogen) atoms. The molecule has 1 amide bonds. The SMILES string of the molecule is CN1CC[C@@H](Nc2cccc3c2cc(-c2noc(CNC(=O)c4ccn(CC(C)(C)O)c4)n2)n3CC(F)(F)F)[C@@H](F)C1. The molecule has 1 saturated heterocycles. The van der Waals surface area contributed by atoms with Crippen LogP contribution in [0, 0.1) is 0 Å². The van der Waals surface area contributed by atoms with Gasteiger partial charge in [0.15, 0.2) is 0 Å². The number of amides is 1. The van der Waals surface area contributed by atoms with E-state index >= 15 is 0 Å². The number of hydrogen-bond donors (Lipinski definition) is 3. The molecule has 4 heterocycles. The van der Waals surface area contributed by atoms with Gasteiger partial charge in [-0.05, 0) is 51.6 Å². The van der Waals surface area contributed by atoms with Crippen LogP contribution in [0.3, 0.4) is 0 Å². The quantitative estimate of drug-likeness (QED) is 0.250. The van der Waals surface area contributed by atoms with E-state index in [4.69, 9.17) is 4.52 Å². The third kappa shape index (κ3) is 6.93. The average Bonchev–Trinajstić information content (AvgIpc) is 3.62. The molecule has 226 valence electrons. The maximum atomic E-state index is 14.7. The number of benzene rings is 1. The number of halogens is 4. The largest absolute Gasteiger partial charge is 0.406 e. The minimum atomic E-state index is -4.54. The first-order valence-electron chi connectivity index (χ1n) is 13.5. The first kappa shape index (κ1) is 29.6. The van der Waals surface area contributed by atoms with Gasteiger partial charge in [0, 0.05) is 36.6 Å². The molecule has 0 unspecified atom stereocenters. The van der Waals surface area contributed by atoms with Gasteiger partial charge in [0.25, 0.3) is 5.91 Å². The van der Waals surface area contributed by atoms with Gasteiger partial charge in [-0.2, -0.15) is 18.2 Å². The molecule has 10 nitrogen and oxygen atoms in total. The topological polar surface area (TPSA) is 113 Å². The summed E-state index contributed by atoms with van der Waals surface area (Å²) in [4.78, 5) is 18.7. The van der Waals surface area contributed by atoms with Crippen molar-refractivity contribution in [3.63, 3.8) is 0 Å². The zero-order valence-electron chi connectivity index (χ0n) is 23.5. The number of hydrogen-bond acceptors (Lipinski definition) is 7. The van der Waals surface area contributed by atoms with Crippen LogP contribution in [0.15, 0.2) is 47.2 Å². The van der Waals surface area contributed by atoms with Crippen LogP contribution >= 0.6 is 0 Å². The molecule has 1 fully saturated rings. The van der Waals surface area contributed by atoms with Crippen LogP contribution in [0.25, 0.3) is 22.4 Å². The van der Waals surface area contributed by atoms with Crippen molar-refractivity contribution in [2.24, 2.45) is 0 Å². The summed E-state index contributed by atoms with van der Waals surface area (Å²) in [6.07, 6.45) is -1.87. The van der Waals surface area contributed by atoms with E-state index in [0.717, 1.165) is 4.57 Å². The lowest BCUT2D eigenvalue weighted by Crippen LogP contribution is -2.46. The van der Waals surface area contributed by atoms with Crippen LogP contribution in [0.5, 0.6) is 0 Å². The van der Waals surface area contributed by atoms with Gasteiger partial charge in [0.2, 0.25) is 11.7 Å². The number of fused-ring (bicyclic) bond motifs is 1. The van der Waals surface area contributed by atoms with Gasteiger partial charge in [-0.1, -0.05) is 11.2 Å². The van der Waals surface area contributed by atoms with Crippen molar-refractivity contribution in [1.82, 2.24) is 29.5 Å². The molecule has 1 aromatic carbocycles. The van der Waals surface area contributed by atoms with E-state index in [1.165, 1.54) is 6.07 Å². The number of rotatable bonds is 9. The molecule has 14 heteroatoms. The van der Waals surface area contributed by atoms with E-state index in [1.807, 2.05) is 11.9 Å². The van der Waals surface area contributed by atoms with E-state index < -0.39 is 36.4 Å². The second-order valence-corrected chi connectivity index (χ2v) is 11.4. The first-order valence-corrected chi connectivity index (χ1v) is 13.5. The number of nitrogens with zero attached hydrogens (tertiary/aromatic N) is 5. The Balaban J connectivity index is 1.37. The van der Waals surface area contributed by atoms with Gasteiger partial charge in [0.1, 0.15) is 12.7 Å². The second-order valence-electron chi connectivity index (χ2n) is 11.4. The Morgan fingerprint density at radius 3 is 2.71 bits per heavy atom. The van der Waals surface area contributed by atoms with E-state index in [1.54, 1.807) is 55.1 Å². The maximum Gasteiger partial charge on any atom is 0.406 e. The highest BCUT2D eigenvalue weighted by Gasteiger charge is 2.32. The van der Waals surface area contributed by atoms with Gasteiger partial charge in [-0.3, -0.25) is 4.79 Å². The van der Waals surface area contributed by atoms with Crippen LogP contribution in [0.1, 0.15) is 36.5 Å². The third-order valence-electron chi connectivity index (χ3n) is 7.05. The van der Waals surface area contributed by atoms with Gasteiger partial charge in [-0.25, -0.2) is 4.39 Å². The molecule has 0 radical (unpaired) electrons. The molecule has 3 N–H and O–H groups in total. The van der Waals surface area contributed by atoms with Crippen molar-refractivity contribution in [3.8, 4) is 11.5 Å². The van der Waals surface area contributed by atoms with Gasteiger partial charge in [0.05, 0.1) is 41.5 Å². The fourth-order valence-electron chi connectivity index (χ4n) is 5.17. The highest BCUT2D eigenvalue weighted by Crippen LogP contribution is 2.35. The maximum absolute atomic E-state index is 14.7. The standard InChI is InChI=1S/C28H33F4N7O3/c1-27(2,41)15-38-10-7-17(13-38)26(40)33-12-24-35-25(36-42-24)23-11-18-20(34-21-8-9-37(3)14-19(21)29)5-4-6-22(18)39(23)16-28(30,31)32/h4-7,10-11,13,19,21,34,41H,8-9,12,14-16H2,1-3H3,(H,33,40)/t19-,21+/m0/s1. The number of aliphatic hydroxyl groups is 1. The van der Waals surface area contributed by atoms with Crippen LogP contribution in [0.2, 0.25) is 0 Å². The number of carbonyl (C=O) groups excluding carboxylic acids is 1. The van der Waals surface area contributed by atoms with E-state index in [0.29, 0.717) is 36.1 Å². The van der Waals surface area contributed by atoms with Crippen molar-refractivity contribution < 1.29 is 32.0 Å². The number of likely N-dealkylation sites (tertiary alicyclic amines) is 1. The lowest BCUT2D eigenvalue weighted by molar-refractivity contribution is -0.139. The highest BCUT2D eigenvalue weighted by atomic mass is 19.4. The molecule has 1 aliphatic heterocycles. The van der Waals surface area contributed by atoms with Crippen molar-refractivity contribution in [2.75, 3.05) is 25.5 Å². The summed E-state index contributed by atoms with van der Waals surface area (Å²) in [5.41, 5.74) is 0.262. The number of piperidine rings is 1. The van der Waals surface area contributed by atoms with Gasteiger partial charge < -0.3 is 34.3 Å². The molecule has 0 aliphatic carbocycles. The van der Waals surface area contributed by atoms with Crippen LogP contribution in [-0.2, 0) is 19.6 Å². The van der Waals surface area contributed by atoms with Crippen LogP contribution in [0.4, 0.5) is 23.2 Å². The molecule has 5 rings (SSSR count). The van der Waals surface area contributed by atoms with Crippen molar-refractivity contribution in [1.29, 1.82) is 0 Å². The van der Waals surface area contributed by atoms with E-state index in [-0.39, 0.29) is 36.0 Å². The predicted molar refractivity (Wildman–Crippen MR) is 148 cm³/mol. The second kappa shape index (κ2) is 11.4. The molecule has 0 bridgehead atoms. The zero-order chi connectivity index (χ0) is 30.2. The minimum absolute atomic E-state index is 0.00281. The Hall–Kier alpha value is -3.91. The minimum Gasteiger partial charge on any atom is -0.389 e. The Bertz CT molecular complexity index is 1550. The molecule has 4 aromatic rings. The molecular formula is C28H33F4N7O3. The Morgan fingerprint density at radius 2 is 2.00 bits per heavy atom. The predicted octanol–water partition coefficient (Wildman–Crippen LogP) is 4.21. The normalized spacial score (nSPS) is 18.5. The van der Waals surface area contributed by atoms with Crippen molar-refractivity contribution in [2.45, 2.75) is 63.9 Å². The molecule has 1 aliphatic rings. The summed E-state index contributed by atoms with van der Waals surface area (Å²) in [5, 5.41) is 20.2. The molecular weight excluding hydrogens is 558 g/mol. The van der Waals surface area contributed by atoms with Crippen LogP contribution in [-0.4, -0.2) is 79.3 Å². The smallest absolute Gasteiger partial charge is 0.389 e. The lowest BCUT2D eigenvalue weighted by atomic mass is 10.0. The highest BCUT2D eigenvalue weighted by molar-refractivity contribution is 5.96. The molecule has 3 aromatic heterocycles. The molecule has 0 saturated carbocycles. The monoisotopic (exact) mass is 591 g/mol. The third-order valence-corrected chi connectivity index (χ3v) is 7.05. The summed E-state index contributed by atoms with van der Waals surface area (Å²) in [7, 11) is 1.84. The van der Waals surface area contributed by atoms with Crippen molar-refractivity contribution in [3.05, 3.63) is 54.2 Å². The Labute approximate surface area is 239 Å². The number of carbonyl (C=O) groups is 1. The number of aromatic nitrogens is 4. The lowest BCUT2D eigenvalue weighted by Gasteiger charge is -2.33. The summed E-state index contributed by atoms with van der Waals surface area (Å²) in [6, 6.07) is 7.54. The Morgan fingerprint density at radius 1 is 1.21 bits per heavy atom. The number of anilines is 1. The van der Waals surface area contributed by atoms with Crippen LogP contribution < -0.4 is 10.6 Å². The fourth-order valence-corrected chi connectivity index (χ4v) is 5.17. The Kier molecular flexibility index (Phi) is 8.03. The summed E-state index contributed by atoms with van der Waals surface area (Å²) in [6.45, 7) is 3.12. The zero-order valence-corrected chi connectivity index (χ0v) is 23.5. The van der Waals surface area contributed by atoms with E-state index in [9.17, 15) is 27.5 Å².